The van der Waals surface area contributed by atoms with Crippen LogP contribution in [-0.2, 0) is 14.8 Å². The lowest BCUT2D eigenvalue weighted by Gasteiger charge is -2.16. The van der Waals surface area contributed by atoms with Gasteiger partial charge in [0.05, 0.1) is 17.6 Å². The van der Waals surface area contributed by atoms with Gasteiger partial charge >= 0.3 is 5.97 Å². The molecule has 0 spiro atoms. The second-order valence-corrected chi connectivity index (χ2v) is 6.59. The molecule has 0 bridgehead atoms. The van der Waals surface area contributed by atoms with Crippen molar-refractivity contribution in [3.8, 4) is 0 Å². The van der Waals surface area contributed by atoms with Crippen molar-refractivity contribution in [3.05, 3.63) is 29.8 Å². The Labute approximate surface area is 130 Å². The van der Waals surface area contributed by atoms with Gasteiger partial charge in [0, 0.05) is 19.1 Å². The molecule has 6 nitrogen and oxygen atoms in total. The number of rotatable bonds is 4. The number of benzene rings is 1. The van der Waals surface area contributed by atoms with Gasteiger partial charge in [0.2, 0.25) is 10.0 Å². The summed E-state index contributed by atoms with van der Waals surface area (Å²) in [4.78, 5) is 11.6. The third kappa shape index (κ3) is 3.74. The predicted octanol–water partition coefficient (Wildman–Crippen LogP) is 0.877. The van der Waals surface area contributed by atoms with Crippen molar-refractivity contribution in [1.82, 2.24) is 9.62 Å². The van der Waals surface area contributed by atoms with E-state index < -0.39 is 16.0 Å². The summed E-state index contributed by atoms with van der Waals surface area (Å²) in [5, 5.41) is 3.08. The lowest BCUT2D eigenvalue weighted by Crippen LogP contribution is -2.33. The van der Waals surface area contributed by atoms with E-state index in [1.54, 1.807) is 6.07 Å². The molecule has 1 atom stereocenters. The fourth-order valence-corrected chi connectivity index (χ4v) is 3.78. The van der Waals surface area contributed by atoms with Gasteiger partial charge < -0.3 is 10.1 Å². The molecule has 118 valence electrons. The summed E-state index contributed by atoms with van der Waals surface area (Å²) in [5.41, 5.74) is 0.234. The van der Waals surface area contributed by atoms with E-state index in [1.165, 1.54) is 29.6 Å². The van der Waals surface area contributed by atoms with Crippen LogP contribution in [0.25, 0.3) is 0 Å². The van der Waals surface area contributed by atoms with Gasteiger partial charge in [-0.1, -0.05) is 6.07 Å². The molecular formula is C13H19ClN2O4S. The van der Waals surface area contributed by atoms with Gasteiger partial charge in [0.1, 0.15) is 0 Å². The van der Waals surface area contributed by atoms with Crippen molar-refractivity contribution in [2.75, 3.05) is 27.2 Å². The Kier molecular flexibility index (Phi) is 6.15. The maximum Gasteiger partial charge on any atom is 0.337 e. The Morgan fingerprint density at radius 3 is 2.71 bits per heavy atom. The van der Waals surface area contributed by atoms with Crippen molar-refractivity contribution in [2.24, 2.45) is 0 Å². The first-order valence-electron chi connectivity index (χ1n) is 6.35. The maximum absolute atomic E-state index is 12.5. The molecule has 1 heterocycles. The second-order valence-electron chi connectivity index (χ2n) is 4.66. The Morgan fingerprint density at radius 2 is 2.14 bits per heavy atom. The number of hydrogen-bond acceptors (Lipinski definition) is 5. The number of hydrogen-bond donors (Lipinski definition) is 1. The molecular weight excluding hydrogens is 316 g/mol. The molecule has 2 rings (SSSR count). The third-order valence-corrected chi connectivity index (χ3v) is 5.31. The zero-order valence-corrected chi connectivity index (χ0v) is 13.5. The molecule has 1 aromatic rings. The number of sulfonamides is 1. The minimum Gasteiger partial charge on any atom is -0.465 e. The van der Waals surface area contributed by atoms with Crippen LogP contribution in [0.15, 0.2) is 29.2 Å². The first kappa shape index (κ1) is 17.9. The Bertz CT molecular complexity index is 606. The van der Waals surface area contributed by atoms with E-state index in [1.807, 2.05) is 7.05 Å². The Hall–Kier alpha value is -1.15. The molecule has 0 aliphatic carbocycles. The zero-order valence-electron chi connectivity index (χ0n) is 11.9. The van der Waals surface area contributed by atoms with Gasteiger partial charge in [-0.2, -0.15) is 4.31 Å². The van der Waals surface area contributed by atoms with Gasteiger partial charge in [-0.05, 0) is 31.7 Å². The monoisotopic (exact) mass is 334 g/mol. The van der Waals surface area contributed by atoms with Gasteiger partial charge in [0.25, 0.3) is 0 Å². The average Bonchev–Trinajstić information content (AvgIpc) is 2.96. The van der Waals surface area contributed by atoms with E-state index in [2.05, 4.69) is 10.1 Å². The predicted molar refractivity (Wildman–Crippen MR) is 81.3 cm³/mol. The third-order valence-electron chi connectivity index (χ3n) is 3.45. The number of methoxy groups -OCH3 is 1. The van der Waals surface area contributed by atoms with E-state index in [0.717, 1.165) is 6.42 Å². The van der Waals surface area contributed by atoms with Gasteiger partial charge in [-0.15, -0.1) is 12.4 Å². The molecule has 0 amide bonds. The fraction of sp³-hybridized carbons (Fsp3) is 0.462. The zero-order chi connectivity index (χ0) is 14.8. The first-order valence-corrected chi connectivity index (χ1v) is 7.79. The minimum atomic E-state index is -3.56. The van der Waals surface area contributed by atoms with E-state index in [4.69, 9.17) is 0 Å². The van der Waals surface area contributed by atoms with Crippen molar-refractivity contribution < 1.29 is 17.9 Å². The summed E-state index contributed by atoms with van der Waals surface area (Å²) in [5.74, 6) is -0.545. The molecule has 1 fully saturated rings. The summed E-state index contributed by atoms with van der Waals surface area (Å²) < 4.78 is 31.1. The van der Waals surface area contributed by atoms with Crippen molar-refractivity contribution in [2.45, 2.75) is 17.4 Å². The van der Waals surface area contributed by atoms with Gasteiger partial charge in [-0.25, -0.2) is 13.2 Å². The van der Waals surface area contributed by atoms with Crippen molar-refractivity contribution in [3.63, 3.8) is 0 Å². The average molecular weight is 335 g/mol. The fourth-order valence-electron chi connectivity index (χ4n) is 2.23. The number of nitrogens with one attached hydrogen (secondary N) is 1. The smallest absolute Gasteiger partial charge is 0.337 e. The highest BCUT2D eigenvalue weighted by atomic mass is 35.5. The van der Waals surface area contributed by atoms with Crippen LogP contribution in [0.3, 0.4) is 0 Å². The molecule has 1 N–H and O–H groups in total. The van der Waals surface area contributed by atoms with Crippen LogP contribution in [-0.4, -0.2) is 52.0 Å². The number of carbonyl (C=O) groups is 1. The van der Waals surface area contributed by atoms with Crippen molar-refractivity contribution in [1.29, 1.82) is 0 Å². The molecule has 1 saturated heterocycles. The number of likely N-dealkylation sites (N-methyl/N-ethyl adjacent to an activating group) is 1. The quantitative estimate of drug-likeness (QED) is 0.827. The summed E-state index contributed by atoms with van der Waals surface area (Å²) in [6.07, 6.45) is 0.784. The number of nitrogens with zero attached hydrogens (tertiary/aromatic N) is 1. The summed E-state index contributed by atoms with van der Waals surface area (Å²) in [7, 11) is -0.477. The highest BCUT2D eigenvalue weighted by molar-refractivity contribution is 7.89. The lowest BCUT2D eigenvalue weighted by molar-refractivity contribution is 0.0600. The Balaban J connectivity index is 0.00000220. The second kappa shape index (κ2) is 7.22. The normalized spacial score (nSPS) is 19.0. The lowest BCUT2D eigenvalue weighted by atomic mass is 10.2. The van der Waals surface area contributed by atoms with Crippen LogP contribution in [0.2, 0.25) is 0 Å². The van der Waals surface area contributed by atoms with E-state index >= 15 is 0 Å². The molecule has 0 saturated carbocycles. The largest absolute Gasteiger partial charge is 0.465 e. The van der Waals surface area contributed by atoms with Crippen LogP contribution >= 0.6 is 12.4 Å². The van der Waals surface area contributed by atoms with Crippen molar-refractivity contribution >= 4 is 28.4 Å². The highest BCUT2D eigenvalue weighted by Crippen LogP contribution is 2.22. The van der Waals surface area contributed by atoms with E-state index in [9.17, 15) is 13.2 Å². The topological polar surface area (TPSA) is 75.7 Å². The summed E-state index contributed by atoms with van der Waals surface area (Å²) in [6, 6.07) is 6.10. The molecule has 0 radical (unpaired) electrons. The molecule has 8 heteroatoms. The Morgan fingerprint density at radius 1 is 1.43 bits per heavy atom. The van der Waals surface area contributed by atoms with Crippen LogP contribution in [0.4, 0.5) is 0 Å². The van der Waals surface area contributed by atoms with Gasteiger partial charge in [-0.3, -0.25) is 0 Å². The summed E-state index contributed by atoms with van der Waals surface area (Å²) >= 11 is 0. The van der Waals surface area contributed by atoms with Crippen LogP contribution in [0.1, 0.15) is 16.8 Å². The van der Waals surface area contributed by atoms with E-state index in [-0.39, 0.29) is 28.9 Å². The maximum atomic E-state index is 12.5. The molecule has 1 aliphatic heterocycles. The molecule has 0 aromatic heterocycles. The SMILES string of the molecule is CNC1CCN(S(=O)(=O)c2cccc(C(=O)OC)c2)C1.Cl. The van der Waals surface area contributed by atoms with Crippen LogP contribution < -0.4 is 5.32 Å². The highest BCUT2D eigenvalue weighted by Gasteiger charge is 2.32. The van der Waals surface area contributed by atoms with Crippen LogP contribution in [0.5, 0.6) is 0 Å². The molecule has 1 aromatic carbocycles. The summed E-state index contributed by atoms with van der Waals surface area (Å²) in [6.45, 7) is 0.928. The standard InChI is InChI=1S/C13H18N2O4S.ClH/c1-14-11-6-7-15(9-11)20(17,18)12-5-3-4-10(8-12)13(16)19-2;/h3-5,8,11,14H,6-7,9H2,1-2H3;1H. The number of halogens is 1. The number of ether oxygens (including phenoxy) is 1. The van der Waals surface area contributed by atoms with Gasteiger partial charge in [0.15, 0.2) is 0 Å². The molecule has 1 aliphatic rings. The molecule has 1 unspecified atom stereocenters. The number of esters is 1. The minimum absolute atomic E-state index is 0. The number of carbonyl (C=O) groups excluding carboxylic acids is 1. The van der Waals surface area contributed by atoms with Crippen LogP contribution in [0, 0.1) is 0 Å². The van der Waals surface area contributed by atoms with E-state index in [0.29, 0.717) is 13.1 Å². The first-order chi connectivity index (χ1) is 9.48. The molecule has 21 heavy (non-hydrogen) atoms.